The summed E-state index contributed by atoms with van der Waals surface area (Å²) in [6, 6.07) is 4.37. The predicted molar refractivity (Wildman–Crippen MR) is 94.5 cm³/mol. The number of carbonyl (C=O) groups excluding carboxylic acids is 2. The average Bonchev–Trinajstić information content (AvgIpc) is 2.63. The van der Waals surface area contributed by atoms with Gasteiger partial charge < -0.3 is 18.6 Å². The van der Waals surface area contributed by atoms with Crippen molar-refractivity contribution in [3.63, 3.8) is 0 Å². The lowest BCUT2D eigenvalue weighted by Gasteiger charge is -2.21. The minimum absolute atomic E-state index is 0.0636. The smallest absolute Gasteiger partial charge is 0.336 e. The summed E-state index contributed by atoms with van der Waals surface area (Å²) in [6.07, 6.45) is -1.31. The summed E-state index contributed by atoms with van der Waals surface area (Å²) in [4.78, 5) is 36.4. The summed E-state index contributed by atoms with van der Waals surface area (Å²) in [6.45, 7) is 6.73. The molecule has 0 saturated heterocycles. The van der Waals surface area contributed by atoms with Gasteiger partial charge >= 0.3 is 11.6 Å². The molecule has 0 bridgehead atoms. The molecule has 1 atom stereocenters. The first kappa shape index (κ1) is 19.2. The van der Waals surface area contributed by atoms with Crippen LogP contribution in [0, 0.1) is 0 Å². The van der Waals surface area contributed by atoms with Crippen molar-refractivity contribution in [2.24, 2.45) is 0 Å². The van der Waals surface area contributed by atoms with Crippen molar-refractivity contribution in [2.45, 2.75) is 26.4 Å². The van der Waals surface area contributed by atoms with Gasteiger partial charge in [-0.25, -0.2) is 4.79 Å². The van der Waals surface area contributed by atoms with Crippen LogP contribution in [-0.4, -0.2) is 26.0 Å². The third kappa shape index (κ3) is 3.61. The van der Waals surface area contributed by atoms with E-state index in [1.165, 1.54) is 33.3 Å². The Labute approximate surface area is 150 Å². The minimum atomic E-state index is -1.38. The quantitative estimate of drug-likeness (QED) is 0.426. The molecule has 2 aromatic rings. The van der Waals surface area contributed by atoms with Crippen LogP contribution in [0.1, 0.15) is 31.9 Å². The van der Waals surface area contributed by atoms with Crippen LogP contribution in [0.2, 0.25) is 0 Å². The Morgan fingerprint density at radius 3 is 2.46 bits per heavy atom. The molecule has 0 saturated carbocycles. The van der Waals surface area contributed by atoms with Crippen molar-refractivity contribution in [2.75, 3.05) is 14.2 Å². The first-order valence-electron chi connectivity index (χ1n) is 7.91. The van der Waals surface area contributed by atoms with Gasteiger partial charge in [-0.2, -0.15) is 0 Å². The molecule has 2 rings (SSSR count). The molecule has 0 amide bonds. The van der Waals surface area contributed by atoms with E-state index in [2.05, 4.69) is 6.58 Å². The molecule has 0 aliphatic rings. The van der Waals surface area contributed by atoms with Crippen molar-refractivity contribution >= 4 is 22.7 Å². The summed E-state index contributed by atoms with van der Waals surface area (Å²) >= 11 is 0. The molecule has 26 heavy (non-hydrogen) atoms. The zero-order valence-corrected chi connectivity index (χ0v) is 15.1. The number of hydrogen-bond donors (Lipinski definition) is 0. The van der Waals surface area contributed by atoms with Crippen molar-refractivity contribution in [3.05, 3.63) is 46.3 Å². The Morgan fingerprint density at radius 2 is 1.92 bits per heavy atom. The SMILES string of the molecule is C=C(C)C(=O)[C@@H](OC(=O)CC)c1c(OC)c(OC)cc2ccc(=O)oc12. The van der Waals surface area contributed by atoms with Crippen LogP contribution < -0.4 is 15.1 Å². The number of hydrogen-bond acceptors (Lipinski definition) is 7. The third-order valence-electron chi connectivity index (χ3n) is 3.75. The van der Waals surface area contributed by atoms with Gasteiger partial charge in [-0.05, 0) is 24.6 Å². The second-order valence-corrected chi connectivity index (χ2v) is 5.57. The highest BCUT2D eigenvalue weighted by atomic mass is 16.6. The maximum absolute atomic E-state index is 12.7. The molecule has 1 aromatic carbocycles. The maximum atomic E-state index is 12.7. The Balaban J connectivity index is 2.89. The van der Waals surface area contributed by atoms with Gasteiger partial charge in [0.2, 0.25) is 5.78 Å². The largest absolute Gasteiger partial charge is 0.493 e. The van der Waals surface area contributed by atoms with Gasteiger partial charge in [-0.1, -0.05) is 13.5 Å². The molecule has 1 aromatic heterocycles. The average molecular weight is 360 g/mol. The summed E-state index contributed by atoms with van der Waals surface area (Å²) < 4.78 is 21.3. The molecule has 7 heteroatoms. The van der Waals surface area contributed by atoms with E-state index in [4.69, 9.17) is 18.6 Å². The zero-order chi connectivity index (χ0) is 19.4. The summed E-state index contributed by atoms with van der Waals surface area (Å²) in [5.41, 5.74) is -0.252. The van der Waals surface area contributed by atoms with Crippen molar-refractivity contribution < 1.29 is 28.2 Å². The summed E-state index contributed by atoms with van der Waals surface area (Å²) in [5.74, 6) is -0.694. The van der Waals surface area contributed by atoms with Gasteiger partial charge in [0.25, 0.3) is 0 Å². The number of methoxy groups -OCH3 is 2. The molecule has 0 N–H and O–H groups in total. The summed E-state index contributed by atoms with van der Waals surface area (Å²) in [7, 11) is 2.80. The number of esters is 1. The number of rotatable bonds is 7. The van der Waals surface area contributed by atoms with E-state index in [-0.39, 0.29) is 28.9 Å². The molecule has 0 spiro atoms. The van der Waals surface area contributed by atoms with Gasteiger partial charge in [0.05, 0.1) is 19.8 Å². The minimum Gasteiger partial charge on any atom is -0.493 e. The van der Waals surface area contributed by atoms with Gasteiger partial charge in [-0.15, -0.1) is 0 Å². The first-order valence-corrected chi connectivity index (χ1v) is 7.91. The van der Waals surface area contributed by atoms with Crippen LogP contribution in [0.3, 0.4) is 0 Å². The van der Waals surface area contributed by atoms with E-state index in [0.717, 1.165) is 0 Å². The van der Waals surface area contributed by atoms with Crippen LogP contribution in [0.5, 0.6) is 11.5 Å². The monoisotopic (exact) mass is 360 g/mol. The number of Topliss-reactive ketones (excluding diaryl/α,β-unsaturated/α-hetero) is 1. The Hall–Kier alpha value is -3.09. The molecule has 7 nitrogen and oxygen atoms in total. The highest BCUT2D eigenvalue weighted by Crippen LogP contribution is 2.42. The fraction of sp³-hybridized carbons (Fsp3) is 0.316. The Bertz CT molecular complexity index is 923. The molecule has 0 radical (unpaired) electrons. The normalized spacial score (nSPS) is 11.7. The van der Waals surface area contributed by atoms with Gasteiger partial charge in [0.1, 0.15) is 5.58 Å². The Kier molecular flexibility index (Phi) is 5.82. The summed E-state index contributed by atoms with van der Waals surface area (Å²) in [5, 5.41) is 0.490. The number of benzene rings is 1. The second kappa shape index (κ2) is 7.86. The number of carbonyl (C=O) groups is 2. The second-order valence-electron chi connectivity index (χ2n) is 5.57. The van der Waals surface area contributed by atoms with Crippen LogP contribution in [0.4, 0.5) is 0 Å². The van der Waals surface area contributed by atoms with Crippen LogP contribution in [0.25, 0.3) is 11.0 Å². The van der Waals surface area contributed by atoms with Crippen LogP contribution in [-0.2, 0) is 14.3 Å². The number of fused-ring (bicyclic) bond motifs is 1. The van der Waals surface area contributed by atoms with Crippen molar-refractivity contribution in [3.8, 4) is 11.5 Å². The Morgan fingerprint density at radius 1 is 1.23 bits per heavy atom. The molecule has 0 aliphatic heterocycles. The number of ether oxygens (including phenoxy) is 3. The third-order valence-corrected chi connectivity index (χ3v) is 3.75. The molecule has 138 valence electrons. The molecular weight excluding hydrogens is 340 g/mol. The van der Waals surface area contributed by atoms with Gasteiger partial charge in [0, 0.05) is 17.9 Å². The lowest BCUT2D eigenvalue weighted by Crippen LogP contribution is -2.21. The van der Waals surface area contributed by atoms with Gasteiger partial charge in [0.15, 0.2) is 17.6 Å². The van der Waals surface area contributed by atoms with E-state index in [0.29, 0.717) is 11.1 Å². The molecular formula is C19H20O7. The molecule has 0 fully saturated rings. The van der Waals surface area contributed by atoms with E-state index < -0.39 is 23.5 Å². The predicted octanol–water partition coefficient (Wildman–Crippen LogP) is 2.95. The van der Waals surface area contributed by atoms with Crippen molar-refractivity contribution in [1.82, 2.24) is 0 Å². The maximum Gasteiger partial charge on any atom is 0.336 e. The van der Waals surface area contributed by atoms with E-state index in [9.17, 15) is 14.4 Å². The van der Waals surface area contributed by atoms with E-state index in [1.54, 1.807) is 13.0 Å². The van der Waals surface area contributed by atoms with Crippen LogP contribution in [0.15, 0.2) is 39.6 Å². The molecule has 1 heterocycles. The number of ketones is 1. The fourth-order valence-corrected chi connectivity index (χ4v) is 2.48. The standard InChI is InChI=1S/C19H20O7/c1-6-13(20)25-19(16(22)10(2)3)15-17-11(7-8-14(21)26-17)9-12(23-4)18(15)24-5/h7-9,19H,2,6H2,1,3-5H3/t19-/m0/s1. The fourth-order valence-electron chi connectivity index (χ4n) is 2.48. The van der Waals surface area contributed by atoms with Gasteiger partial charge in [-0.3, -0.25) is 9.59 Å². The lowest BCUT2D eigenvalue weighted by atomic mass is 9.97. The lowest BCUT2D eigenvalue weighted by molar-refractivity contribution is -0.154. The highest BCUT2D eigenvalue weighted by molar-refractivity contribution is 6.02. The van der Waals surface area contributed by atoms with Crippen molar-refractivity contribution in [1.29, 1.82) is 0 Å². The topological polar surface area (TPSA) is 92.0 Å². The molecule has 0 unspecified atom stereocenters. The van der Waals surface area contributed by atoms with E-state index >= 15 is 0 Å². The highest BCUT2D eigenvalue weighted by Gasteiger charge is 2.33. The van der Waals surface area contributed by atoms with Crippen LogP contribution >= 0.6 is 0 Å². The zero-order valence-electron chi connectivity index (χ0n) is 15.1. The first-order chi connectivity index (χ1) is 12.3. The molecule has 0 aliphatic carbocycles. The van der Waals surface area contributed by atoms with E-state index in [1.807, 2.05) is 0 Å².